The van der Waals surface area contributed by atoms with Gasteiger partial charge in [0.25, 0.3) is 0 Å². The maximum Gasteiger partial charge on any atom is 0.332 e. The highest BCUT2D eigenvalue weighted by atomic mass is 16.5. The van der Waals surface area contributed by atoms with Crippen molar-refractivity contribution in [2.24, 2.45) is 0 Å². The summed E-state index contributed by atoms with van der Waals surface area (Å²) in [7, 11) is 0. The maximum absolute atomic E-state index is 11.8. The molecule has 15 heavy (non-hydrogen) atoms. The van der Waals surface area contributed by atoms with Gasteiger partial charge in [-0.05, 0) is 13.3 Å². The average Bonchev–Trinajstić information content (AvgIpc) is 2.66. The normalized spacial score (nSPS) is 29.5. The third kappa shape index (κ3) is 1.33. The Bertz CT molecular complexity index is 338. The lowest BCUT2D eigenvalue weighted by molar-refractivity contribution is -0.157. The highest BCUT2D eigenvalue weighted by molar-refractivity contribution is 6.02. The molecule has 0 spiro atoms. The molecule has 2 fully saturated rings. The number of carbonyl (C=O) groups excluding carboxylic acids is 3. The standard InChI is InChI=1S/C10H13NO4/c1-2-15-9(14)10-4-3-8(13)11(10)6-7(12)5-10/h2-6H2,1H3/t10-/m0/s1. The van der Waals surface area contributed by atoms with Crippen molar-refractivity contribution in [2.45, 2.75) is 31.7 Å². The second kappa shape index (κ2) is 3.32. The zero-order valence-corrected chi connectivity index (χ0v) is 8.62. The van der Waals surface area contributed by atoms with Crippen LogP contribution in [0.15, 0.2) is 0 Å². The minimum absolute atomic E-state index is 0.0592. The van der Waals surface area contributed by atoms with Gasteiger partial charge >= 0.3 is 5.97 Å². The minimum atomic E-state index is -0.968. The third-order valence-corrected chi connectivity index (χ3v) is 3.05. The van der Waals surface area contributed by atoms with Crippen molar-refractivity contribution < 1.29 is 19.1 Å². The first-order valence-corrected chi connectivity index (χ1v) is 5.09. The van der Waals surface area contributed by atoms with Crippen LogP contribution in [-0.2, 0) is 19.1 Å². The monoisotopic (exact) mass is 211 g/mol. The van der Waals surface area contributed by atoms with Crippen molar-refractivity contribution in [3.63, 3.8) is 0 Å². The van der Waals surface area contributed by atoms with E-state index in [4.69, 9.17) is 4.74 Å². The predicted octanol–water partition coefficient (Wildman–Crippen LogP) is -0.117. The van der Waals surface area contributed by atoms with E-state index in [2.05, 4.69) is 0 Å². The summed E-state index contributed by atoms with van der Waals surface area (Å²) in [5, 5.41) is 0. The van der Waals surface area contributed by atoms with Crippen LogP contribution in [0.4, 0.5) is 0 Å². The summed E-state index contributed by atoms with van der Waals surface area (Å²) in [5.74, 6) is -0.605. The van der Waals surface area contributed by atoms with Crippen LogP contribution < -0.4 is 0 Å². The van der Waals surface area contributed by atoms with Crippen molar-refractivity contribution in [1.29, 1.82) is 0 Å². The van der Waals surface area contributed by atoms with Gasteiger partial charge in [0.1, 0.15) is 5.54 Å². The topological polar surface area (TPSA) is 63.7 Å². The van der Waals surface area contributed by atoms with Gasteiger partial charge in [0.15, 0.2) is 5.78 Å². The summed E-state index contributed by atoms with van der Waals surface area (Å²) in [6.07, 6.45) is 0.875. The van der Waals surface area contributed by atoms with E-state index in [1.807, 2.05) is 0 Å². The smallest absolute Gasteiger partial charge is 0.332 e. The maximum atomic E-state index is 11.8. The number of hydrogen-bond donors (Lipinski definition) is 0. The van der Waals surface area contributed by atoms with Gasteiger partial charge < -0.3 is 9.64 Å². The van der Waals surface area contributed by atoms with Crippen LogP contribution >= 0.6 is 0 Å². The summed E-state index contributed by atoms with van der Waals surface area (Å²) in [6, 6.07) is 0. The highest BCUT2D eigenvalue weighted by Gasteiger charge is 2.57. The van der Waals surface area contributed by atoms with Gasteiger partial charge in [0.05, 0.1) is 13.2 Å². The van der Waals surface area contributed by atoms with Crippen molar-refractivity contribution >= 4 is 17.7 Å². The summed E-state index contributed by atoms with van der Waals surface area (Å²) < 4.78 is 4.94. The van der Waals surface area contributed by atoms with Crippen molar-refractivity contribution in [2.75, 3.05) is 13.2 Å². The summed E-state index contributed by atoms with van der Waals surface area (Å²) in [5.41, 5.74) is -0.968. The second-order valence-corrected chi connectivity index (χ2v) is 3.95. The molecule has 0 saturated carbocycles. The molecule has 5 nitrogen and oxygen atoms in total. The fourth-order valence-electron chi connectivity index (χ4n) is 2.35. The number of hydrogen-bond acceptors (Lipinski definition) is 4. The molecule has 0 aromatic rings. The molecular formula is C10H13NO4. The number of ketones is 1. The molecule has 0 unspecified atom stereocenters. The first kappa shape index (κ1) is 10.1. The van der Waals surface area contributed by atoms with Crippen molar-refractivity contribution in [3.05, 3.63) is 0 Å². The Labute approximate surface area is 87.4 Å². The largest absolute Gasteiger partial charge is 0.464 e. The van der Waals surface area contributed by atoms with Gasteiger partial charge in [-0.25, -0.2) is 4.79 Å². The molecule has 2 aliphatic heterocycles. The number of fused-ring (bicyclic) bond motifs is 1. The quantitative estimate of drug-likeness (QED) is 0.597. The van der Waals surface area contributed by atoms with Crippen LogP contribution in [0.2, 0.25) is 0 Å². The van der Waals surface area contributed by atoms with E-state index in [9.17, 15) is 14.4 Å². The van der Waals surface area contributed by atoms with Crippen LogP contribution in [0.3, 0.4) is 0 Å². The number of carbonyl (C=O) groups is 3. The molecule has 2 rings (SSSR count). The molecule has 2 aliphatic rings. The van der Waals surface area contributed by atoms with Crippen LogP contribution in [-0.4, -0.2) is 41.3 Å². The zero-order valence-electron chi connectivity index (χ0n) is 8.62. The van der Waals surface area contributed by atoms with Crippen LogP contribution in [0.25, 0.3) is 0 Å². The average molecular weight is 211 g/mol. The van der Waals surface area contributed by atoms with Gasteiger partial charge in [-0.1, -0.05) is 0 Å². The molecule has 1 atom stereocenters. The SMILES string of the molecule is CCOC(=O)[C@@]12CCC(=O)N1CC(=O)C2. The van der Waals surface area contributed by atoms with E-state index in [0.29, 0.717) is 12.8 Å². The Balaban J connectivity index is 2.28. The number of nitrogens with zero attached hydrogens (tertiary/aromatic N) is 1. The highest BCUT2D eigenvalue weighted by Crippen LogP contribution is 2.39. The van der Waals surface area contributed by atoms with Gasteiger partial charge in [0.2, 0.25) is 5.91 Å². The van der Waals surface area contributed by atoms with Gasteiger partial charge in [-0.3, -0.25) is 9.59 Å². The van der Waals surface area contributed by atoms with E-state index in [0.717, 1.165) is 0 Å². The Hall–Kier alpha value is -1.39. The van der Waals surface area contributed by atoms with Crippen molar-refractivity contribution in [1.82, 2.24) is 4.90 Å². The van der Waals surface area contributed by atoms with Crippen LogP contribution in [0, 0.1) is 0 Å². The minimum Gasteiger partial charge on any atom is -0.464 e. The number of rotatable bonds is 2. The first-order chi connectivity index (χ1) is 7.10. The molecule has 2 heterocycles. The van der Waals surface area contributed by atoms with E-state index in [1.165, 1.54) is 4.90 Å². The lowest BCUT2D eigenvalue weighted by Gasteiger charge is -2.27. The Morgan fingerprint density at radius 1 is 1.53 bits per heavy atom. The Morgan fingerprint density at radius 3 is 2.93 bits per heavy atom. The fraction of sp³-hybridized carbons (Fsp3) is 0.700. The molecule has 0 radical (unpaired) electrons. The number of amides is 1. The molecule has 2 saturated heterocycles. The molecule has 0 aromatic heterocycles. The molecular weight excluding hydrogens is 198 g/mol. The van der Waals surface area contributed by atoms with Crippen molar-refractivity contribution in [3.8, 4) is 0 Å². The lowest BCUT2D eigenvalue weighted by Crippen LogP contribution is -2.48. The van der Waals surface area contributed by atoms with E-state index in [1.54, 1.807) is 6.92 Å². The number of ether oxygens (including phenoxy) is 1. The van der Waals surface area contributed by atoms with Gasteiger partial charge in [-0.15, -0.1) is 0 Å². The van der Waals surface area contributed by atoms with Gasteiger partial charge in [0, 0.05) is 12.8 Å². The number of esters is 1. The molecule has 0 N–H and O–H groups in total. The molecule has 82 valence electrons. The summed E-state index contributed by atoms with van der Waals surface area (Å²) in [6.45, 7) is 2.06. The Kier molecular flexibility index (Phi) is 2.25. The van der Waals surface area contributed by atoms with E-state index >= 15 is 0 Å². The van der Waals surface area contributed by atoms with E-state index < -0.39 is 11.5 Å². The zero-order chi connectivity index (χ0) is 11.1. The fourth-order valence-corrected chi connectivity index (χ4v) is 2.35. The Morgan fingerprint density at radius 2 is 2.27 bits per heavy atom. The van der Waals surface area contributed by atoms with Crippen LogP contribution in [0.1, 0.15) is 26.2 Å². The molecule has 0 aromatic carbocycles. The summed E-state index contributed by atoms with van der Waals surface area (Å²) in [4.78, 5) is 35.9. The molecule has 0 bridgehead atoms. The molecule has 0 aliphatic carbocycles. The first-order valence-electron chi connectivity index (χ1n) is 5.09. The lowest BCUT2D eigenvalue weighted by atomic mass is 9.94. The molecule has 5 heteroatoms. The molecule has 1 amide bonds. The summed E-state index contributed by atoms with van der Waals surface area (Å²) >= 11 is 0. The number of Topliss-reactive ketones (excluding diaryl/α,β-unsaturated/α-hetero) is 1. The predicted molar refractivity (Wildman–Crippen MR) is 49.9 cm³/mol. The third-order valence-electron chi connectivity index (χ3n) is 3.05. The van der Waals surface area contributed by atoms with Gasteiger partial charge in [-0.2, -0.15) is 0 Å². The van der Waals surface area contributed by atoms with Crippen LogP contribution in [0.5, 0.6) is 0 Å². The second-order valence-electron chi connectivity index (χ2n) is 3.95. The van der Waals surface area contributed by atoms with E-state index in [-0.39, 0.29) is 31.3 Å².